The molecular weight excluding hydrogens is 370 g/mol. The maximum atomic E-state index is 12.2. The summed E-state index contributed by atoms with van der Waals surface area (Å²) in [4.78, 5) is 10.8. The van der Waals surface area contributed by atoms with E-state index in [0.717, 1.165) is 0 Å². The zero-order valence-electron chi connectivity index (χ0n) is 10.1. The third kappa shape index (κ3) is 3.41. The molecule has 0 bridgehead atoms. The van der Waals surface area contributed by atoms with Crippen LogP contribution < -0.4 is 4.72 Å². The summed E-state index contributed by atoms with van der Waals surface area (Å²) in [5, 5.41) is 8.97. The Bertz CT molecular complexity index is 674. The minimum atomic E-state index is -3.79. The van der Waals surface area contributed by atoms with Crippen molar-refractivity contribution in [1.29, 1.82) is 0 Å². The molecule has 0 spiro atoms. The van der Waals surface area contributed by atoms with Gasteiger partial charge in [0.2, 0.25) is 10.0 Å². The first-order valence-corrected chi connectivity index (χ1v) is 8.33. The Kier molecular flexibility index (Phi) is 4.53. The molecule has 0 radical (unpaired) electrons. The summed E-state index contributed by atoms with van der Waals surface area (Å²) >= 11 is 9.12. The Morgan fingerprint density at radius 2 is 2.10 bits per heavy atom. The number of hydrogen-bond donors (Lipinski definition) is 2. The highest BCUT2D eigenvalue weighted by Gasteiger charge is 2.28. The van der Waals surface area contributed by atoms with E-state index in [9.17, 15) is 13.2 Å². The molecule has 2 rings (SSSR count). The lowest BCUT2D eigenvalue weighted by Gasteiger charge is -2.13. The van der Waals surface area contributed by atoms with Crippen molar-refractivity contribution in [2.75, 3.05) is 0 Å². The topological polar surface area (TPSA) is 83.5 Å². The monoisotopic (exact) mass is 379 g/mol. The molecule has 0 heterocycles. The highest BCUT2D eigenvalue weighted by molar-refractivity contribution is 9.10. The van der Waals surface area contributed by atoms with Crippen LogP contribution in [0.4, 0.5) is 0 Å². The number of benzene rings is 1. The second-order valence-electron chi connectivity index (χ2n) is 4.37. The summed E-state index contributed by atoms with van der Waals surface area (Å²) in [6.45, 7) is 0. The number of aliphatic carboxylic acids is 1. The molecule has 2 N–H and O–H groups in total. The molecule has 5 nitrogen and oxygen atoms in total. The second-order valence-corrected chi connectivity index (χ2v) is 7.37. The van der Waals surface area contributed by atoms with E-state index in [4.69, 9.17) is 16.7 Å². The van der Waals surface area contributed by atoms with E-state index in [-0.39, 0.29) is 16.3 Å². The molecule has 108 valence electrons. The lowest BCUT2D eigenvalue weighted by atomic mass is 10.1. The van der Waals surface area contributed by atoms with Gasteiger partial charge in [0.25, 0.3) is 0 Å². The van der Waals surface area contributed by atoms with E-state index in [2.05, 4.69) is 20.7 Å². The lowest BCUT2D eigenvalue weighted by Crippen LogP contribution is -2.33. The number of halogens is 2. The Labute approximate surface area is 129 Å². The maximum Gasteiger partial charge on any atom is 0.310 e. The smallest absolute Gasteiger partial charge is 0.310 e. The van der Waals surface area contributed by atoms with Crippen LogP contribution >= 0.6 is 27.5 Å². The largest absolute Gasteiger partial charge is 0.481 e. The highest BCUT2D eigenvalue weighted by atomic mass is 79.9. The van der Waals surface area contributed by atoms with Crippen LogP contribution in [0.3, 0.4) is 0 Å². The van der Waals surface area contributed by atoms with E-state index in [0.29, 0.717) is 4.47 Å². The summed E-state index contributed by atoms with van der Waals surface area (Å²) in [6, 6.07) is 3.91. The van der Waals surface area contributed by atoms with Gasteiger partial charge in [0.15, 0.2) is 0 Å². The van der Waals surface area contributed by atoms with Crippen LogP contribution in [-0.2, 0) is 14.8 Å². The van der Waals surface area contributed by atoms with Crippen molar-refractivity contribution < 1.29 is 18.3 Å². The zero-order chi connectivity index (χ0) is 14.9. The molecule has 2 atom stereocenters. The molecule has 1 aromatic carbocycles. The van der Waals surface area contributed by atoms with Gasteiger partial charge in [0, 0.05) is 10.5 Å². The number of hydrogen-bond acceptors (Lipinski definition) is 3. The van der Waals surface area contributed by atoms with Gasteiger partial charge in [-0.1, -0.05) is 39.7 Å². The molecule has 0 amide bonds. The van der Waals surface area contributed by atoms with E-state index in [1.54, 1.807) is 12.1 Å². The third-order valence-corrected chi connectivity index (χ3v) is 5.36. The van der Waals surface area contributed by atoms with Gasteiger partial charge in [-0.2, -0.15) is 0 Å². The van der Waals surface area contributed by atoms with E-state index >= 15 is 0 Å². The molecule has 2 unspecified atom stereocenters. The molecule has 20 heavy (non-hydrogen) atoms. The average Bonchev–Trinajstić information content (AvgIpc) is 2.76. The Balaban J connectivity index is 2.17. The van der Waals surface area contributed by atoms with Gasteiger partial charge in [-0.05, 0) is 24.6 Å². The second kappa shape index (κ2) is 5.85. The van der Waals surface area contributed by atoms with Gasteiger partial charge in [0.05, 0.1) is 10.9 Å². The summed E-state index contributed by atoms with van der Waals surface area (Å²) < 4.78 is 27.5. The van der Waals surface area contributed by atoms with E-state index in [1.807, 2.05) is 0 Å². The number of sulfonamides is 1. The third-order valence-electron chi connectivity index (χ3n) is 2.89. The lowest BCUT2D eigenvalue weighted by molar-refractivity contribution is -0.140. The first-order valence-electron chi connectivity index (χ1n) is 5.68. The quantitative estimate of drug-likeness (QED) is 0.786. The first kappa shape index (κ1) is 15.5. The van der Waals surface area contributed by atoms with Gasteiger partial charge in [-0.3, -0.25) is 4.79 Å². The van der Waals surface area contributed by atoms with Crippen LogP contribution in [0.2, 0.25) is 5.02 Å². The molecule has 0 saturated heterocycles. The standard InChI is InChI=1S/C12H11BrClNO4S/c13-8-2-4-11(10(14)6-8)20(18,19)15-9-3-1-7(5-9)12(16)17/h1-4,6-7,9,15H,5H2,(H,16,17). The van der Waals surface area contributed by atoms with Crippen molar-refractivity contribution in [3.05, 3.63) is 39.8 Å². The zero-order valence-corrected chi connectivity index (χ0v) is 13.2. The summed E-state index contributed by atoms with van der Waals surface area (Å²) in [5.41, 5.74) is 0. The number of carboxylic acid groups (broad SMARTS) is 1. The number of carboxylic acids is 1. The summed E-state index contributed by atoms with van der Waals surface area (Å²) in [5.74, 6) is -1.63. The van der Waals surface area contributed by atoms with Crippen molar-refractivity contribution in [2.24, 2.45) is 5.92 Å². The Morgan fingerprint density at radius 1 is 1.40 bits per heavy atom. The number of nitrogens with one attached hydrogen (secondary N) is 1. The van der Waals surface area contributed by atoms with Gasteiger partial charge < -0.3 is 5.11 Å². The van der Waals surface area contributed by atoms with Crippen molar-refractivity contribution in [1.82, 2.24) is 4.72 Å². The molecule has 1 aliphatic rings. The average molecular weight is 381 g/mol. The predicted molar refractivity (Wildman–Crippen MR) is 78.1 cm³/mol. The fourth-order valence-electron chi connectivity index (χ4n) is 1.93. The van der Waals surface area contributed by atoms with Crippen LogP contribution in [0, 0.1) is 5.92 Å². The summed E-state index contributed by atoms with van der Waals surface area (Å²) in [7, 11) is -3.79. The normalized spacial score (nSPS) is 22.1. The van der Waals surface area contributed by atoms with Gasteiger partial charge in [-0.25, -0.2) is 13.1 Å². The van der Waals surface area contributed by atoms with Crippen LogP contribution in [0.15, 0.2) is 39.7 Å². The SMILES string of the molecule is O=C(O)C1C=CC(NS(=O)(=O)c2ccc(Br)cc2Cl)C1. The minimum absolute atomic E-state index is 0.0328. The molecule has 1 aliphatic carbocycles. The van der Waals surface area contributed by atoms with Gasteiger partial charge in [0.1, 0.15) is 4.90 Å². The van der Waals surface area contributed by atoms with Crippen molar-refractivity contribution in [3.8, 4) is 0 Å². The van der Waals surface area contributed by atoms with Crippen LogP contribution in [0.5, 0.6) is 0 Å². The van der Waals surface area contributed by atoms with Crippen molar-refractivity contribution >= 4 is 43.5 Å². The summed E-state index contributed by atoms with van der Waals surface area (Å²) in [6.07, 6.45) is 3.23. The fraction of sp³-hybridized carbons (Fsp3) is 0.250. The van der Waals surface area contributed by atoms with Gasteiger partial charge >= 0.3 is 5.97 Å². The Hall–Kier alpha value is -0.890. The van der Waals surface area contributed by atoms with Crippen molar-refractivity contribution in [2.45, 2.75) is 17.4 Å². The molecule has 8 heteroatoms. The molecule has 1 aromatic rings. The predicted octanol–water partition coefficient (Wildman–Crippen LogP) is 2.41. The molecule has 0 aliphatic heterocycles. The van der Waals surface area contributed by atoms with E-state index in [1.165, 1.54) is 18.2 Å². The highest BCUT2D eigenvalue weighted by Crippen LogP contribution is 2.26. The van der Waals surface area contributed by atoms with Crippen LogP contribution in [0.25, 0.3) is 0 Å². The first-order chi connectivity index (χ1) is 9.29. The molecule has 0 saturated carbocycles. The Morgan fingerprint density at radius 3 is 2.65 bits per heavy atom. The van der Waals surface area contributed by atoms with Crippen molar-refractivity contribution in [3.63, 3.8) is 0 Å². The fourth-order valence-corrected chi connectivity index (χ4v) is 4.17. The maximum absolute atomic E-state index is 12.2. The van der Waals surface area contributed by atoms with E-state index < -0.39 is 28.0 Å². The van der Waals surface area contributed by atoms with Gasteiger partial charge in [-0.15, -0.1) is 0 Å². The molecular formula is C12H11BrClNO4S. The molecule has 0 fully saturated rings. The number of rotatable bonds is 4. The van der Waals surface area contributed by atoms with Crippen LogP contribution in [-0.4, -0.2) is 25.5 Å². The van der Waals surface area contributed by atoms with Crippen LogP contribution in [0.1, 0.15) is 6.42 Å². The molecule has 0 aromatic heterocycles. The number of carbonyl (C=O) groups is 1. The minimum Gasteiger partial charge on any atom is -0.481 e.